The van der Waals surface area contributed by atoms with Gasteiger partial charge in [-0.15, -0.1) is 0 Å². The molecule has 0 bridgehead atoms. The molecule has 3 aromatic carbocycles. The van der Waals surface area contributed by atoms with Gasteiger partial charge in [-0.2, -0.15) is 0 Å². The molecule has 2 heterocycles. The Morgan fingerprint density at radius 1 is 0.912 bits per heavy atom. The molecule has 2 aliphatic rings. The van der Waals surface area contributed by atoms with Crippen LogP contribution in [0.1, 0.15) is 22.0 Å². The summed E-state index contributed by atoms with van der Waals surface area (Å²) in [6, 6.07) is 19.6. The van der Waals surface area contributed by atoms with Crippen LogP contribution in [-0.4, -0.2) is 31.0 Å². The summed E-state index contributed by atoms with van der Waals surface area (Å²) in [5.74, 6) is -2.27. The second-order valence-corrected chi connectivity index (χ2v) is 8.72. The van der Waals surface area contributed by atoms with Crippen molar-refractivity contribution < 1.29 is 24.0 Å². The van der Waals surface area contributed by atoms with Crippen LogP contribution in [0.3, 0.4) is 0 Å². The van der Waals surface area contributed by atoms with E-state index in [2.05, 4.69) is 0 Å². The van der Waals surface area contributed by atoms with Crippen molar-refractivity contribution in [1.82, 2.24) is 0 Å². The number of benzene rings is 3. The van der Waals surface area contributed by atoms with Crippen molar-refractivity contribution in [2.24, 2.45) is 5.92 Å². The molecule has 0 spiro atoms. The van der Waals surface area contributed by atoms with E-state index in [1.54, 1.807) is 23.3 Å². The fraction of sp³-hybridized carbons (Fsp3) is 0.160. The minimum atomic E-state index is -1.04. The number of carbonyl (C=O) groups excluding carboxylic acids is 3. The third-order valence-corrected chi connectivity index (χ3v) is 6.52. The van der Waals surface area contributed by atoms with Gasteiger partial charge in [0.2, 0.25) is 5.91 Å². The van der Waals surface area contributed by atoms with Gasteiger partial charge < -0.3 is 4.74 Å². The number of amides is 2. The average molecular weight is 497 g/mol. The van der Waals surface area contributed by atoms with Gasteiger partial charge in [0.15, 0.2) is 6.10 Å². The van der Waals surface area contributed by atoms with E-state index in [0.717, 1.165) is 4.90 Å². The first kappa shape index (κ1) is 22.4. The van der Waals surface area contributed by atoms with E-state index >= 15 is 0 Å². The van der Waals surface area contributed by atoms with Crippen LogP contribution in [0.25, 0.3) is 0 Å². The van der Waals surface area contributed by atoms with Crippen molar-refractivity contribution in [2.75, 3.05) is 17.1 Å². The first-order valence-electron chi connectivity index (χ1n) is 10.4. The van der Waals surface area contributed by atoms with E-state index in [4.69, 9.17) is 32.8 Å². The van der Waals surface area contributed by atoms with E-state index in [-0.39, 0.29) is 0 Å². The predicted molar refractivity (Wildman–Crippen MR) is 127 cm³/mol. The molecule has 34 heavy (non-hydrogen) atoms. The lowest BCUT2D eigenvalue weighted by Gasteiger charge is -2.29. The number of hydrogen-bond acceptors (Lipinski definition) is 6. The standard InChI is InChI=1S/C25H18Cl2N2O5/c1-33-25(32)14-7-10-16(11-8-14)28-23(30)20-21(18-12-9-15(26)13-19(18)27)29(34-22(20)24(28)31)17-5-3-2-4-6-17/h2-13,20-22H,1H3/t20-,21+,22-/m0/s1. The van der Waals surface area contributed by atoms with Gasteiger partial charge in [-0.3, -0.25) is 14.4 Å². The molecule has 0 aliphatic carbocycles. The second kappa shape index (κ2) is 8.76. The van der Waals surface area contributed by atoms with Crippen molar-refractivity contribution in [3.05, 3.63) is 94.0 Å². The van der Waals surface area contributed by atoms with Gasteiger partial charge in [0.05, 0.1) is 30.1 Å². The molecule has 3 atom stereocenters. The number of esters is 1. The first-order chi connectivity index (χ1) is 16.4. The number of halogens is 2. The van der Waals surface area contributed by atoms with Gasteiger partial charge in [-0.25, -0.2) is 14.8 Å². The Bertz CT molecular complexity index is 1280. The van der Waals surface area contributed by atoms with Crippen LogP contribution in [0.4, 0.5) is 11.4 Å². The zero-order valence-electron chi connectivity index (χ0n) is 17.9. The van der Waals surface area contributed by atoms with E-state index in [1.165, 1.54) is 31.4 Å². The van der Waals surface area contributed by atoms with Crippen LogP contribution in [0.15, 0.2) is 72.8 Å². The number of ether oxygens (including phenoxy) is 1. The summed E-state index contributed by atoms with van der Waals surface area (Å²) in [7, 11) is 1.28. The van der Waals surface area contributed by atoms with Crippen molar-refractivity contribution >= 4 is 52.4 Å². The molecule has 0 saturated carbocycles. The average Bonchev–Trinajstić information content (AvgIpc) is 3.35. The number of para-hydroxylation sites is 1. The van der Waals surface area contributed by atoms with Gasteiger partial charge in [-0.05, 0) is 54.1 Å². The summed E-state index contributed by atoms with van der Waals surface area (Å²) >= 11 is 12.6. The van der Waals surface area contributed by atoms with Crippen LogP contribution >= 0.6 is 23.2 Å². The molecule has 7 nitrogen and oxygen atoms in total. The fourth-order valence-corrected chi connectivity index (χ4v) is 4.91. The highest BCUT2D eigenvalue weighted by molar-refractivity contribution is 6.35. The number of carbonyl (C=O) groups is 3. The van der Waals surface area contributed by atoms with E-state index in [0.29, 0.717) is 32.5 Å². The van der Waals surface area contributed by atoms with E-state index in [1.807, 2.05) is 30.3 Å². The van der Waals surface area contributed by atoms with E-state index in [9.17, 15) is 14.4 Å². The Morgan fingerprint density at radius 2 is 1.62 bits per heavy atom. The fourth-order valence-electron chi connectivity index (χ4n) is 4.39. The largest absolute Gasteiger partial charge is 0.465 e. The van der Waals surface area contributed by atoms with Crippen molar-refractivity contribution in [3.63, 3.8) is 0 Å². The molecule has 0 N–H and O–H groups in total. The van der Waals surface area contributed by atoms with Crippen LogP contribution in [0, 0.1) is 5.92 Å². The molecule has 5 rings (SSSR count). The predicted octanol–water partition coefficient (Wildman–Crippen LogP) is 4.83. The normalized spacial score (nSPS) is 21.7. The van der Waals surface area contributed by atoms with E-state index < -0.39 is 35.8 Å². The van der Waals surface area contributed by atoms with Crippen LogP contribution in [-0.2, 0) is 19.2 Å². The Hall–Kier alpha value is -3.39. The highest BCUT2D eigenvalue weighted by Gasteiger charge is 2.60. The third kappa shape index (κ3) is 3.62. The molecule has 2 fully saturated rings. The molecular formula is C25H18Cl2N2O5. The summed E-state index contributed by atoms with van der Waals surface area (Å²) in [6.07, 6.45) is -1.04. The molecule has 3 aromatic rings. The Balaban J connectivity index is 1.55. The summed E-state index contributed by atoms with van der Waals surface area (Å²) in [6.45, 7) is 0. The number of anilines is 2. The van der Waals surface area contributed by atoms with Crippen LogP contribution in [0.2, 0.25) is 10.0 Å². The highest BCUT2D eigenvalue weighted by atomic mass is 35.5. The molecule has 2 aliphatic heterocycles. The summed E-state index contributed by atoms with van der Waals surface area (Å²) in [5, 5.41) is 2.39. The minimum absolute atomic E-state index is 0.308. The van der Waals surface area contributed by atoms with Crippen molar-refractivity contribution in [2.45, 2.75) is 12.1 Å². The van der Waals surface area contributed by atoms with Crippen LogP contribution in [0.5, 0.6) is 0 Å². The maximum Gasteiger partial charge on any atom is 0.337 e. The number of fused-ring (bicyclic) bond motifs is 1. The monoisotopic (exact) mass is 496 g/mol. The molecule has 2 saturated heterocycles. The Kier molecular flexibility index (Phi) is 5.77. The maximum absolute atomic E-state index is 13.6. The quantitative estimate of drug-likeness (QED) is 0.380. The zero-order valence-corrected chi connectivity index (χ0v) is 19.4. The minimum Gasteiger partial charge on any atom is -0.465 e. The number of hydrogen-bond donors (Lipinski definition) is 0. The van der Waals surface area contributed by atoms with Gasteiger partial charge in [-0.1, -0.05) is 47.5 Å². The molecule has 2 amide bonds. The summed E-state index contributed by atoms with van der Waals surface area (Å²) in [4.78, 5) is 46.0. The molecule has 172 valence electrons. The SMILES string of the molecule is COC(=O)c1ccc(N2C(=O)[C@@H]3[C@H](ON(c4ccccc4)[C@@H]3c3ccc(Cl)cc3Cl)C2=O)cc1. The number of nitrogens with zero attached hydrogens (tertiary/aromatic N) is 2. The second-order valence-electron chi connectivity index (χ2n) is 7.87. The van der Waals surface area contributed by atoms with Gasteiger partial charge in [0.1, 0.15) is 5.92 Å². The Morgan fingerprint density at radius 3 is 2.26 bits per heavy atom. The summed E-state index contributed by atoms with van der Waals surface area (Å²) in [5.41, 5.74) is 1.95. The smallest absolute Gasteiger partial charge is 0.337 e. The highest BCUT2D eigenvalue weighted by Crippen LogP contribution is 2.49. The first-order valence-corrected chi connectivity index (χ1v) is 11.2. The Labute approximate surface area is 205 Å². The van der Waals surface area contributed by atoms with Crippen LogP contribution < -0.4 is 9.96 Å². The lowest BCUT2D eigenvalue weighted by molar-refractivity contribution is -0.126. The summed E-state index contributed by atoms with van der Waals surface area (Å²) < 4.78 is 4.71. The number of methoxy groups -OCH3 is 1. The molecule has 0 radical (unpaired) electrons. The number of imide groups is 1. The molecule has 9 heteroatoms. The lowest BCUT2D eigenvalue weighted by Crippen LogP contribution is -2.37. The zero-order chi connectivity index (χ0) is 24.0. The topological polar surface area (TPSA) is 76.2 Å². The third-order valence-electron chi connectivity index (χ3n) is 5.95. The van der Waals surface area contributed by atoms with Crippen molar-refractivity contribution in [3.8, 4) is 0 Å². The molecular weight excluding hydrogens is 479 g/mol. The molecule has 0 aromatic heterocycles. The van der Waals surface area contributed by atoms with Crippen molar-refractivity contribution in [1.29, 1.82) is 0 Å². The van der Waals surface area contributed by atoms with Gasteiger partial charge in [0.25, 0.3) is 5.91 Å². The molecule has 0 unspecified atom stereocenters. The number of rotatable bonds is 4. The number of hydroxylamine groups is 1. The lowest BCUT2D eigenvalue weighted by atomic mass is 9.90. The maximum atomic E-state index is 13.6. The van der Waals surface area contributed by atoms with Gasteiger partial charge in [0, 0.05) is 10.0 Å². The van der Waals surface area contributed by atoms with Gasteiger partial charge >= 0.3 is 5.97 Å².